The summed E-state index contributed by atoms with van der Waals surface area (Å²) >= 11 is 0. The van der Waals surface area contributed by atoms with E-state index in [1.165, 1.54) is 0 Å². The van der Waals surface area contributed by atoms with Crippen molar-refractivity contribution in [2.24, 2.45) is 23.1 Å². The fraction of sp³-hybridized carbons (Fsp3) is 0.350. The van der Waals surface area contributed by atoms with E-state index in [1.807, 2.05) is 16.9 Å². The van der Waals surface area contributed by atoms with Crippen LogP contribution in [0.3, 0.4) is 0 Å². The van der Waals surface area contributed by atoms with E-state index >= 15 is 0 Å². The third kappa shape index (κ3) is 4.25. The lowest BCUT2D eigenvalue weighted by Crippen LogP contribution is -2.31. The molecule has 2 aromatic rings. The number of aromatic hydroxyl groups is 1. The Morgan fingerprint density at radius 2 is 1.96 bits per heavy atom. The van der Waals surface area contributed by atoms with E-state index in [-0.39, 0.29) is 11.6 Å². The summed E-state index contributed by atoms with van der Waals surface area (Å²) in [6.07, 6.45) is 7.66. The maximum absolute atomic E-state index is 10.0. The van der Waals surface area contributed by atoms with Crippen LogP contribution in [0, 0.1) is 5.92 Å². The molecule has 0 spiro atoms. The number of aromatic nitrogens is 2. The van der Waals surface area contributed by atoms with Crippen LogP contribution in [0.2, 0.25) is 0 Å². The highest BCUT2D eigenvalue weighted by Crippen LogP contribution is 2.28. The van der Waals surface area contributed by atoms with Gasteiger partial charge in [-0.3, -0.25) is 4.68 Å². The first-order valence-electron chi connectivity index (χ1n) is 9.23. The number of allylic oxidation sites excluding steroid dienone is 2. The number of benzene rings is 1. The molecule has 144 valence electrons. The first-order valence-corrected chi connectivity index (χ1v) is 9.23. The number of hydrogen-bond acceptors (Lipinski definition) is 6. The van der Waals surface area contributed by atoms with Gasteiger partial charge >= 0.3 is 0 Å². The highest BCUT2D eigenvalue weighted by Gasteiger charge is 2.22. The molecule has 1 aliphatic rings. The molecule has 0 radical (unpaired) electrons. The van der Waals surface area contributed by atoms with Gasteiger partial charge in [-0.05, 0) is 57.0 Å². The average molecular weight is 368 g/mol. The smallest absolute Gasteiger partial charge is 0.124 e. The Kier molecular flexibility index (Phi) is 5.71. The maximum atomic E-state index is 10.0. The summed E-state index contributed by atoms with van der Waals surface area (Å²) < 4.78 is 1.97. The molecule has 0 saturated carbocycles. The molecule has 1 aromatic heterocycles. The van der Waals surface area contributed by atoms with Crippen molar-refractivity contribution in [3.63, 3.8) is 0 Å². The quantitative estimate of drug-likeness (QED) is 0.511. The summed E-state index contributed by atoms with van der Waals surface area (Å²) in [5.74, 6) is 0.849. The minimum Gasteiger partial charge on any atom is -0.507 e. The Labute approximate surface area is 159 Å². The molecule has 7 heteroatoms. The number of nitrogens with one attached hydrogen (secondary N) is 1. The second-order valence-corrected chi connectivity index (χ2v) is 7.02. The Morgan fingerprint density at radius 1 is 1.26 bits per heavy atom. The molecule has 2 heterocycles. The van der Waals surface area contributed by atoms with E-state index in [2.05, 4.69) is 17.3 Å². The third-order valence-corrected chi connectivity index (χ3v) is 5.22. The molecular formula is C20H28N6O. The van der Waals surface area contributed by atoms with Crippen LogP contribution in [0.1, 0.15) is 36.9 Å². The first-order chi connectivity index (χ1) is 13.0. The summed E-state index contributed by atoms with van der Waals surface area (Å²) in [7, 11) is 0. The van der Waals surface area contributed by atoms with Gasteiger partial charge in [-0.2, -0.15) is 5.10 Å². The normalized spacial score (nSPS) is 16.9. The maximum Gasteiger partial charge on any atom is 0.124 e. The van der Waals surface area contributed by atoms with Crippen LogP contribution in [0.15, 0.2) is 48.6 Å². The lowest BCUT2D eigenvalue weighted by molar-refractivity contribution is 0.261. The minimum atomic E-state index is 0.108. The van der Waals surface area contributed by atoms with E-state index in [0.29, 0.717) is 28.8 Å². The Hall–Kier alpha value is -2.93. The summed E-state index contributed by atoms with van der Waals surface area (Å²) in [6.45, 7) is 4.28. The molecule has 27 heavy (non-hydrogen) atoms. The van der Waals surface area contributed by atoms with Crippen molar-refractivity contribution in [1.29, 1.82) is 0 Å². The number of hydrogen-bond donors (Lipinski definition) is 5. The fourth-order valence-electron chi connectivity index (χ4n) is 3.53. The van der Waals surface area contributed by atoms with Gasteiger partial charge in [0, 0.05) is 28.6 Å². The van der Waals surface area contributed by atoms with Gasteiger partial charge in [0.25, 0.3) is 0 Å². The van der Waals surface area contributed by atoms with Gasteiger partial charge in [-0.1, -0.05) is 12.1 Å². The lowest BCUT2D eigenvalue weighted by atomic mass is 9.91. The van der Waals surface area contributed by atoms with Gasteiger partial charge in [-0.25, -0.2) is 0 Å². The van der Waals surface area contributed by atoms with Crippen molar-refractivity contribution in [3.8, 4) is 5.75 Å². The number of rotatable bonds is 5. The SMILES string of the molecule is C[C@@H](C1CCNCC1)n1cc(C(/C=C(\N)c2ccccc2O)=C(N)N)cn1. The highest BCUT2D eigenvalue weighted by molar-refractivity contribution is 5.84. The number of phenols is 1. The second-order valence-electron chi connectivity index (χ2n) is 7.02. The zero-order valence-electron chi connectivity index (χ0n) is 15.6. The van der Waals surface area contributed by atoms with E-state index in [4.69, 9.17) is 17.2 Å². The van der Waals surface area contributed by atoms with Gasteiger partial charge in [0.1, 0.15) is 11.6 Å². The van der Waals surface area contributed by atoms with Gasteiger partial charge in [0.15, 0.2) is 0 Å². The Bertz CT molecular complexity index is 844. The molecule has 1 saturated heterocycles. The lowest BCUT2D eigenvalue weighted by Gasteiger charge is -2.28. The summed E-state index contributed by atoms with van der Waals surface area (Å²) in [5.41, 5.74) is 20.3. The standard InChI is InChI=1S/C20H28N6O/c1-13(14-6-8-24-9-7-14)26-12-15(11-25-26)17(20(22)23)10-18(21)16-4-2-3-5-19(16)27/h2-5,10-14,24,27H,6-9,21-23H2,1H3/b18-10-/t13-/m0/s1. The molecule has 3 rings (SSSR count). The molecule has 1 atom stereocenters. The predicted octanol–water partition coefficient (Wildman–Crippen LogP) is 1.74. The van der Waals surface area contributed by atoms with Crippen LogP contribution < -0.4 is 22.5 Å². The molecule has 0 bridgehead atoms. The van der Waals surface area contributed by atoms with Crippen LogP contribution in [0.5, 0.6) is 5.75 Å². The van der Waals surface area contributed by atoms with Gasteiger partial charge in [-0.15, -0.1) is 0 Å². The summed E-state index contributed by atoms with van der Waals surface area (Å²) in [6, 6.07) is 7.18. The van der Waals surface area contributed by atoms with E-state index in [1.54, 1.807) is 30.5 Å². The van der Waals surface area contributed by atoms with Crippen LogP contribution >= 0.6 is 0 Å². The Balaban J connectivity index is 1.87. The van der Waals surface area contributed by atoms with Crippen molar-refractivity contribution in [1.82, 2.24) is 15.1 Å². The van der Waals surface area contributed by atoms with Gasteiger partial charge < -0.3 is 27.6 Å². The molecule has 0 unspecified atom stereocenters. The molecular weight excluding hydrogens is 340 g/mol. The zero-order chi connectivity index (χ0) is 19.4. The number of nitrogens with two attached hydrogens (primary N) is 3. The van der Waals surface area contributed by atoms with Crippen molar-refractivity contribution in [3.05, 3.63) is 59.7 Å². The summed E-state index contributed by atoms with van der Waals surface area (Å²) in [4.78, 5) is 0. The van der Waals surface area contributed by atoms with E-state index in [0.717, 1.165) is 31.5 Å². The van der Waals surface area contributed by atoms with Crippen molar-refractivity contribution in [2.75, 3.05) is 13.1 Å². The number of para-hydroxylation sites is 1. The number of piperidine rings is 1. The molecule has 0 aliphatic carbocycles. The predicted molar refractivity (Wildman–Crippen MR) is 108 cm³/mol. The average Bonchev–Trinajstić information content (AvgIpc) is 3.16. The van der Waals surface area contributed by atoms with Crippen molar-refractivity contribution < 1.29 is 5.11 Å². The number of nitrogens with zero attached hydrogens (tertiary/aromatic N) is 2. The molecule has 1 fully saturated rings. The zero-order valence-corrected chi connectivity index (χ0v) is 15.6. The molecule has 1 aromatic carbocycles. The second kappa shape index (κ2) is 8.18. The minimum absolute atomic E-state index is 0.108. The highest BCUT2D eigenvalue weighted by atomic mass is 16.3. The van der Waals surface area contributed by atoms with E-state index < -0.39 is 0 Å². The molecule has 1 aliphatic heterocycles. The number of phenolic OH excluding ortho intramolecular Hbond substituents is 1. The van der Waals surface area contributed by atoms with Crippen LogP contribution in [-0.4, -0.2) is 28.0 Å². The molecule has 7 nitrogen and oxygen atoms in total. The van der Waals surface area contributed by atoms with Gasteiger partial charge in [0.05, 0.1) is 12.2 Å². The van der Waals surface area contributed by atoms with Crippen LogP contribution in [-0.2, 0) is 0 Å². The Morgan fingerprint density at radius 3 is 2.63 bits per heavy atom. The van der Waals surface area contributed by atoms with Crippen molar-refractivity contribution in [2.45, 2.75) is 25.8 Å². The monoisotopic (exact) mass is 368 g/mol. The van der Waals surface area contributed by atoms with E-state index in [9.17, 15) is 5.11 Å². The van der Waals surface area contributed by atoms with Crippen LogP contribution in [0.25, 0.3) is 11.3 Å². The summed E-state index contributed by atoms with van der Waals surface area (Å²) in [5, 5.41) is 17.9. The van der Waals surface area contributed by atoms with Crippen molar-refractivity contribution >= 4 is 11.3 Å². The largest absolute Gasteiger partial charge is 0.507 e. The molecule has 0 amide bonds. The molecule has 8 N–H and O–H groups in total. The van der Waals surface area contributed by atoms with Crippen LogP contribution in [0.4, 0.5) is 0 Å². The van der Waals surface area contributed by atoms with Gasteiger partial charge in [0.2, 0.25) is 0 Å². The fourth-order valence-corrected chi connectivity index (χ4v) is 3.53. The topological polar surface area (TPSA) is 128 Å². The first kappa shape index (κ1) is 18.8. The third-order valence-electron chi connectivity index (χ3n) is 5.22.